The molecule has 3 aromatic carbocycles. The average molecular weight is 443 g/mol. The predicted molar refractivity (Wildman–Crippen MR) is 93.5 cm³/mol. The van der Waals surface area contributed by atoms with Crippen molar-refractivity contribution in [3.05, 3.63) is 80.1 Å². The van der Waals surface area contributed by atoms with Crippen molar-refractivity contribution >= 4 is 58.6 Å². The maximum absolute atomic E-state index is 3.50. The van der Waals surface area contributed by atoms with Gasteiger partial charge in [0, 0.05) is 13.4 Å². The smallest absolute Gasteiger partial charge is 0.0317 e. The quantitative estimate of drug-likeness (QED) is 0.358. The van der Waals surface area contributed by atoms with Gasteiger partial charge in [-0.05, 0) is 60.8 Å². The highest BCUT2D eigenvalue weighted by Crippen LogP contribution is 2.22. The second kappa shape index (κ2) is 7.22. The van der Waals surface area contributed by atoms with Crippen molar-refractivity contribution < 1.29 is 0 Å². The first kappa shape index (κ1) is 14.8. The summed E-state index contributed by atoms with van der Waals surface area (Å²) in [5.41, 5.74) is 0. The fourth-order valence-corrected chi connectivity index (χ4v) is 2.71. The van der Waals surface area contributed by atoms with Crippen molar-refractivity contribution in [2.24, 2.45) is 0 Å². The zero-order valence-corrected chi connectivity index (χ0v) is 14.7. The Morgan fingerprint density at radius 3 is 1.53 bits per heavy atom. The van der Waals surface area contributed by atoms with Gasteiger partial charge < -0.3 is 0 Å². The summed E-state index contributed by atoms with van der Waals surface area (Å²) >= 11 is 10.2. The van der Waals surface area contributed by atoms with E-state index in [0.29, 0.717) is 0 Å². The highest BCUT2D eigenvalue weighted by atomic mass is 79.9. The molecule has 0 fully saturated rings. The standard InChI is InChI=1S/C10H7Br.C6H4Br2/c11-10-7-3-5-8-4-1-2-6-9(8)10;7-5-3-1-2-4-6(5)8/h1-7H;1-4H. The molecule has 3 heteroatoms. The van der Waals surface area contributed by atoms with Crippen molar-refractivity contribution in [3.63, 3.8) is 0 Å². The van der Waals surface area contributed by atoms with Crippen LogP contribution in [0, 0.1) is 0 Å². The van der Waals surface area contributed by atoms with Gasteiger partial charge in [0.05, 0.1) is 0 Å². The van der Waals surface area contributed by atoms with Gasteiger partial charge in [-0.2, -0.15) is 0 Å². The molecule has 0 heterocycles. The van der Waals surface area contributed by atoms with Crippen LogP contribution < -0.4 is 0 Å². The Labute approximate surface area is 138 Å². The molecule has 19 heavy (non-hydrogen) atoms. The second-order valence-corrected chi connectivity index (χ2v) is 6.44. The Morgan fingerprint density at radius 2 is 0.947 bits per heavy atom. The molecule has 0 atom stereocenters. The minimum atomic E-state index is 1.10. The molecule has 0 unspecified atom stereocenters. The van der Waals surface area contributed by atoms with Crippen LogP contribution in [-0.2, 0) is 0 Å². The minimum Gasteiger partial charge on any atom is -0.0616 e. The molecule has 0 aliphatic heterocycles. The summed E-state index contributed by atoms with van der Waals surface area (Å²) in [6.07, 6.45) is 0. The van der Waals surface area contributed by atoms with Crippen molar-refractivity contribution in [1.29, 1.82) is 0 Å². The number of hydrogen-bond acceptors (Lipinski definition) is 0. The molecule has 0 aromatic heterocycles. The van der Waals surface area contributed by atoms with Crippen LogP contribution in [-0.4, -0.2) is 0 Å². The molecule has 3 aromatic rings. The topological polar surface area (TPSA) is 0 Å². The van der Waals surface area contributed by atoms with Crippen LogP contribution in [0.15, 0.2) is 80.1 Å². The van der Waals surface area contributed by atoms with Gasteiger partial charge in [-0.1, -0.05) is 64.5 Å². The minimum absolute atomic E-state index is 1.10. The summed E-state index contributed by atoms with van der Waals surface area (Å²) < 4.78 is 3.36. The van der Waals surface area contributed by atoms with Crippen LogP contribution in [0.5, 0.6) is 0 Å². The number of rotatable bonds is 0. The summed E-state index contributed by atoms with van der Waals surface area (Å²) in [6.45, 7) is 0. The van der Waals surface area contributed by atoms with Crippen LogP contribution in [0.25, 0.3) is 10.8 Å². The van der Waals surface area contributed by atoms with Crippen LogP contribution >= 0.6 is 47.8 Å². The second-order valence-electron chi connectivity index (χ2n) is 3.88. The first-order chi connectivity index (χ1) is 9.18. The lowest BCUT2D eigenvalue weighted by Crippen LogP contribution is -1.71. The van der Waals surface area contributed by atoms with E-state index in [0.717, 1.165) is 13.4 Å². The van der Waals surface area contributed by atoms with Crippen LogP contribution in [0.3, 0.4) is 0 Å². The fourth-order valence-electron chi connectivity index (χ4n) is 1.63. The van der Waals surface area contributed by atoms with Gasteiger partial charge >= 0.3 is 0 Å². The SMILES string of the molecule is Brc1cccc2ccccc12.Brc1ccccc1Br. The average Bonchev–Trinajstić information content (AvgIpc) is 2.44. The lowest BCUT2D eigenvalue weighted by Gasteiger charge is -1.97. The monoisotopic (exact) mass is 440 g/mol. The molecule has 0 spiro atoms. The molecule has 0 aliphatic rings. The lowest BCUT2D eigenvalue weighted by atomic mass is 10.1. The van der Waals surface area contributed by atoms with E-state index < -0.39 is 0 Å². The van der Waals surface area contributed by atoms with Gasteiger partial charge in [0.15, 0.2) is 0 Å². The Bertz CT molecular complexity index is 651. The number of halogens is 3. The highest BCUT2D eigenvalue weighted by Gasteiger charge is 1.93. The van der Waals surface area contributed by atoms with Gasteiger partial charge in [-0.15, -0.1) is 0 Å². The van der Waals surface area contributed by atoms with Crippen molar-refractivity contribution in [2.45, 2.75) is 0 Å². The molecule has 0 bridgehead atoms. The number of fused-ring (bicyclic) bond motifs is 1. The molecule has 0 saturated heterocycles. The van der Waals surface area contributed by atoms with Crippen molar-refractivity contribution in [3.8, 4) is 0 Å². The lowest BCUT2D eigenvalue weighted by molar-refractivity contribution is 1.59. The Morgan fingerprint density at radius 1 is 0.474 bits per heavy atom. The van der Waals surface area contributed by atoms with Gasteiger partial charge in [-0.25, -0.2) is 0 Å². The molecule has 0 amide bonds. The van der Waals surface area contributed by atoms with E-state index in [1.807, 2.05) is 36.4 Å². The van der Waals surface area contributed by atoms with Crippen LogP contribution in [0.2, 0.25) is 0 Å². The number of hydrogen-bond donors (Lipinski definition) is 0. The first-order valence-corrected chi connectivity index (χ1v) is 8.09. The van der Waals surface area contributed by atoms with Crippen molar-refractivity contribution in [2.75, 3.05) is 0 Å². The highest BCUT2D eigenvalue weighted by molar-refractivity contribution is 9.13. The molecular weight excluding hydrogens is 432 g/mol. The summed E-state index contributed by atoms with van der Waals surface area (Å²) in [7, 11) is 0. The van der Waals surface area contributed by atoms with Gasteiger partial charge in [0.25, 0.3) is 0 Å². The third-order valence-corrected chi connectivity index (χ3v) is 5.17. The maximum atomic E-state index is 3.50. The molecule has 0 nitrogen and oxygen atoms in total. The van der Waals surface area contributed by atoms with E-state index in [-0.39, 0.29) is 0 Å². The first-order valence-electron chi connectivity index (χ1n) is 5.72. The van der Waals surface area contributed by atoms with E-state index in [2.05, 4.69) is 78.1 Å². The van der Waals surface area contributed by atoms with E-state index in [4.69, 9.17) is 0 Å². The summed E-state index contributed by atoms with van der Waals surface area (Å²) in [4.78, 5) is 0. The maximum Gasteiger partial charge on any atom is 0.0317 e. The van der Waals surface area contributed by atoms with E-state index >= 15 is 0 Å². The molecule has 0 saturated carbocycles. The molecular formula is C16H11Br3. The Balaban J connectivity index is 0.000000148. The molecule has 0 aliphatic carbocycles. The number of benzene rings is 3. The Kier molecular flexibility index (Phi) is 5.61. The summed E-state index contributed by atoms with van der Waals surface area (Å²) in [5, 5.41) is 2.55. The molecule has 96 valence electrons. The summed E-state index contributed by atoms with van der Waals surface area (Å²) in [6, 6.07) is 22.5. The van der Waals surface area contributed by atoms with Crippen LogP contribution in [0.1, 0.15) is 0 Å². The zero-order chi connectivity index (χ0) is 13.7. The van der Waals surface area contributed by atoms with Gasteiger partial charge in [-0.3, -0.25) is 0 Å². The third kappa shape index (κ3) is 4.16. The third-order valence-electron chi connectivity index (χ3n) is 2.56. The van der Waals surface area contributed by atoms with Gasteiger partial charge in [0.1, 0.15) is 0 Å². The Hall–Kier alpha value is -0.640. The van der Waals surface area contributed by atoms with Crippen LogP contribution in [0.4, 0.5) is 0 Å². The van der Waals surface area contributed by atoms with E-state index in [1.165, 1.54) is 10.8 Å². The molecule has 0 radical (unpaired) electrons. The molecule has 0 N–H and O–H groups in total. The van der Waals surface area contributed by atoms with E-state index in [1.54, 1.807) is 0 Å². The normalized spacial score (nSPS) is 9.84. The zero-order valence-electron chi connectivity index (χ0n) is 9.98. The predicted octanol–water partition coefficient (Wildman–Crippen LogP) is 6.81. The summed E-state index contributed by atoms with van der Waals surface area (Å²) in [5.74, 6) is 0. The van der Waals surface area contributed by atoms with Crippen molar-refractivity contribution in [1.82, 2.24) is 0 Å². The van der Waals surface area contributed by atoms with E-state index in [9.17, 15) is 0 Å². The molecule has 3 rings (SSSR count). The van der Waals surface area contributed by atoms with Gasteiger partial charge in [0.2, 0.25) is 0 Å². The largest absolute Gasteiger partial charge is 0.0616 e. The fraction of sp³-hybridized carbons (Fsp3) is 0.